The van der Waals surface area contributed by atoms with Crippen LogP contribution in [-0.2, 0) is 12.1 Å². The Hall–Kier alpha value is -3.62. The van der Waals surface area contributed by atoms with Gasteiger partial charge in [0.05, 0.1) is 12.6 Å². The topological polar surface area (TPSA) is 47.0 Å². The number of carbonyl (C=O) groups excluding carboxylic acids is 1. The summed E-state index contributed by atoms with van der Waals surface area (Å²) < 4.78 is 44.7. The zero-order valence-electron chi connectivity index (χ0n) is 22.5. The molecule has 1 fully saturated rings. The van der Waals surface area contributed by atoms with Gasteiger partial charge in [0, 0.05) is 32.2 Å². The summed E-state index contributed by atoms with van der Waals surface area (Å²) in [6.45, 7) is 0.992. The van der Waals surface area contributed by atoms with Crippen molar-refractivity contribution in [2.24, 2.45) is 0 Å². The third-order valence-corrected chi connectivity index (χ3v) is 8.12. The highest BCUT2D eigenvalue weighted by atomic mass is 19.1. The van der Waals surface area contributed by atoms with Gasteiger partial charge in [-0.3, -0.25) is 4.90 Å². The second kappa shape index (κ2) is 11.9. The van der Waals surface area contributed by atoms with Gasteiger partial charge in [-0.05, 0) is 60.4 Å². The number of nitrogens with zero attached hydrogens (tertiary/aromatic N) is 3. The Bertz CT molecular complexity index is 1350. The maximum Gasteiger partial charge on any atom is 0.321 e. The molecule has 2 aliphatic rings. The number of hydrogen-bond acceptors (Lipinski definition) is 3. The smallest absolute Gasteiger partial charge is 0.321 e. The Morgan fingerprint density at radius 1 is 1.05 bits per heavy atom. The van der Waals surface area contributed by atoms with E-state index in [0.717, 1.165) is 30.2 Å². The van der Waals surface area contributed by atoms with Crippen molar-refractivity contribution in [2.75, 3.05) is 33.3 Å². The Kier molecular flexibility index (Phi) is 8.28. The SMILES string of the molecule is CN(C(=O)N1CC(c2cc(F)ccc2F)=C[C@@]1(CO)c1ccccc1)C1CCCN(Cc2ccccc2)CC1F. The molecule has 0 aromatic heterocycles. The number of rotatable bonds is 6. The molecule has 8 heteroatoms. The fourth-order valence-corrected chi connectivity index (χ4v) is 5.97. The van der Waals surface area contributed by atoms with E-state index < -0.39 is 42.0 Å². The van der Waals surface area contributed by atoms with E-state index in [2.05, 4.69) is 4.90 Å². The fraction of sp³-hybridized carbons (Fsp3) is 0.344. The number of aliphatic hydroxyl groups is 1. The summed E-state index contributed by atoms with van der Waals surface area (Å²) in [5, 5.41) is 10.7. The van der Waals surface area contributed by atoms with Crippen molar-refractivity contribution in [1.29, 1.82) is 0 Å². The van der Waals surface area contributed by atoms with Gasteiger partial charge in [0.2, 0.25) is 0 Å². The van der Waals surface area contributed by atoms with Crippen LogP contribution in [0.5, 0.6) is 0 Å². The van der Waals surface area contributed by atoms with Crippen LogP contribution in [0.1, 0.15) is 29.5 Å². The molecule has 0 saturated carbocycles. The maximum absolute atomic E-state index is 15.8. The van der Waals surface area contributed by atoms with Gasteiger partial charge in [-0.2, -0.15) is 0 Å². The molecule has 2 heterocycles. The van der Waals surface area contributed by atoms with Crippen LogP contribution in [0.25, 0.3) is 5.57 Å². The van der Waals surface area contributed by atoms with Crippen LogP contribution in [0, 0.1) is 11.6 Å². The van der Waals surface area contributed by atoms with Gasteiger partial charge in [-0.25, -0.2) is 18.0 Å². The van der Waals surface area contributed by atoms with E-state index in [9.17, 15) is 18.7 Å². The standard InChI is InChI=1S/C32H34F3N3O2/c1-36(30-13-8-16-37(21-29(30)35)19-23-9-4-2-5-10-23)31(40)38-20-24(27-17-26(33)14-15-28(27)34)18-32(38,22-39)25-11-6-3-7-12-25/h2-7,9-12,14-15,17-18,29-30,39H,8,13,16,19-22H2,1H3/t29?,30?,32-/m1/s1. The van der Waals surface area contributed by atoms with Crippen LogP contribution in [-0.4, -0.2) is 71.3 Å². The average molecular weight is 550 g/mol. The molecule has 1 N–H and O–H groups in total. The normalized spacial score (nSPS) is 23.5. The summed E-state index contributed by atoms with van der Waals surface area (Å²) in [5.74, 6) is -1.23. The first-order valence-electron chi connectivity index (χ1n) is 13.6. The van der Waals surface area contributed by atoms with Gasteiger partial charge in [-0.15, -0.1) is 0 Å². The van der Waals surface area contributed by atoms with Gasteiger partial charge < -0.3 is 14.9 Å². The molecule has 210 valence electrons. The second-order valence-corrected chi connectivity index (χ2v) is 10.7. The summed E-state index contributed by atoms with van der Waals surface area (Å²) >= 11 is 0. The van der Waals surface area contributed by atoms with Crippen LogP contribution in [0.4, 0.5) is 18.0 Å². The molecular formula is C32H34F3N3O2. The molecule has 3 aromatic carbocycles. The van der Waals surface area contributed by atoms with E-state index >= 15 is 4.39 Å². The summed E-state index contributed by atoms with van der Waals surface area (Å²) in [7, 11) is 1.58. The predicted molar refractivity (Wildman–Crippen MR) is 149 cm³/mol. The van der Waals surface area contributed by atoms with Crippen molar-refractivity contribution >= 4 is 11.6 Å². The molecule has 3 aromatic rings. The van der Waals surface area contributed by atoms with Crippen molar-refractivity contribution in [1.82, 2.24) is 14.7 Å². The highest BCUT2D eigenvalue weighted by Gasteiger charge is 2.47. The minimum absolute atomic E-state index is 0.0288. The van der Waals surface area contributed by atoms with Gasteiger partial charge in [0.1, 0.15) is 23.3 Å². The van der Waals surface area contributed by atoms with Crippen molar-refractivity contribution in [3.05, 3.63) is 113 Å². The number of hydrogen-bond donors (Lipinski definition) is 1. The highest BCUT2D eigenvalue weighted by molar-refractivity contribution is 5.83. The zero-order valence-corrected chi connectivity index (χ0v) is 22.5. The lowest BCUT2D eigenvalue weighted by molar-refractivity contribution is 0.0633. The molecule has 3 atom stereocenters. The molecule has 0 aliphatic carbocycles. The van der Waals surface area contributed by atoms with Crippen LogP contribution >= 0.6 is 0 Å². The summed E-state index contributed by atoms with van der Waals surface area (Å²) in [4.78, 5) is 19.0. The molecule has 2 amide bonds. The Labute approximate surface area is 233 Å². The molecule has 2 aliphatic heterocycles. The molecule has 0 spiro atoms. The quantitative estimate of drug-likeness (QED) is 0.435. The number of urea groups is 1. The van der Waals surface area contributed by atoms with Crippen molar-refractivity contribution in [2.45, 2.75) is 37.1 Å². The van der Waals surface area contributed by atoms with Crippen molar-refractivity contribution in [3.8, 4) is 0 Å². The van der Waals surface area contributed by atoms with Crippen molar-refractivity contribution in [3.63, 3.8) is 0 Å². The Morgan fingerprint density at radius 2 is 1.75 bits per heavy atom. The molecule has 2 unspecified atom stereocenters. The third kappa shape index (κ3) is 5.51. The number of benzene rings is 3. The molecule has 0 bridgehead atoms. The molecule has 5 rings (SSSR count). The first-order valence-corrected chi connectivity index (χ1v) is 13.6. The van der Waals surface area contributed by atoms with E-state index in [1.165, 1.54) is 9.80 Å². The van der Waals surface area contributed by atoms with Crippen LogP contribution in [0.3, 0.4) is 0 Å². The lowest BCUT2D eigenvalue weighted by atomic mass is 9.89. The van der Waals surface area contributed by atoms with Gasteiger partial charge in [0.25, 0.3) is 0 Å². The Balaban J connectivity index is 1.42. The van der Waals surface area contributed by atoms with E-state index in [1.807, 2.05) is 36.4 Å². The largest absolute Gasteiger partial charge is 0.393 e. The predicted octanol–water partition coefficient (Wildman–Crippen LogP) is 5.61. The molecule has 5 nitrogen and oxygen atoms in total. The lowest BCUT2D eigenvalue weighted by Gasteiger charge is -2.41. The average Bonchev–Trinajstić information content (AvgIpc) is 3.28. The minimum Gasteiger partial charge on any atom is -0.393 e. The number of alkyl halides is 1. The highest BCUT2D eigenvalue weighted by Crippen LogP contribution is 2.41. The zero-order chi connectivity index (χ0) is 28.3. The first-order chi connectivity index (χ1) is 19.3. The maximum atomic E-state index is 15.8. The van der Waals surface area contributed by atoms with Crippen LogP contribution in [0.15, 0.2) is 84.9 Å². The number of aliphatic hydroxyl groups excluding tert-OH is 1. The molecule has 40 heavy (non-hydrogen) atoms. The third-order valence-electron chi connectivity index (χ3n) is 8.12. The number of halogens is 3. The summed E-state index contributed by atoms with van der Waals surface area (Å²) in [5.41, 5.74) is 0.812. The van der Waals surface area contributed by atoms with Gasteiger partial charge in [-0.1, -0.05) is 60.7 Å². The minimum atomic E-state index is -1.32. The molecular weight excluding hydrogens is 515 g/mol. The van der Waals surface area contributed by atoms with E-state index in [0.29, 0.717) is 30.6 Å². The first kappa shape index (κ1) is 27.9. The Morgan fingerprint density at radius 3 is 2.45 bits per heavy atom. The lowest BCUT2D eigenvalue weighted by Crippen LogP contribution is -2.56. The van der Waals surface area contributed by atoms with Crippen molar-refractivity contribution < 1.29 is 23.1 Å². The van der Waals surface area contributed by atoms with E-state index in [-0.39, 0.29) is 18.7 Å². The number of carbonyl (C=O) groups is 1. The molecule has 1 saturated heterocycles. The van der Waals surface area contributed by atoms with Crippen LogP contribution < -0.4 is 0 Å². The second-order valence-electron chi connectivity index (χ2n) is 10.7. The number of likely N-dealkylation sites (tertiary alicyclic amines) is 1. The molecule has 0 radical (unpaired) electrons. The monoisotopic (exact) mass is 549 g/mol. The fourth-order valence-electron chi connectivity index (χ4n) is 5.97. The van der Waals surface area contributed by atoms with Gasteiger partial charge in [0.15, 0.2) is 0 Å². The van der Waals surface area contributed by atoms with Gasteiger partial charge >= 0.3 is 6.03 Å². The van der Waals surface area contributed by atoms with E-state index in [4.69, 9.17) is 0 Å². The number of amides is 2. The summed E-state index contributed by atoms with van der Waals surface area (Å²) in [6.07, 6.45) is 1.56. The summed E-state index contributed by atoms with van der Waals surface area (Å²) in [6, 6.07) is 20.9. The van der Waals surface area contributed by atoms with E-state index in [1.54, 1.807) is 37.4 Å². The van der Waals surface area contributed by atoms with Crippen LogP contribution in [0.2, 0.25) is 0 Å².